The fraction of sp³-hybridized carbons (Fsp3) is 0.333. The first-order valence-electron chi connectivity index (χ1n) is 8.99. The molecule has 1 aliphatic heterocycles. The molecule has 26 heavy (non-hydrogen) atoms. The van der Waals surface area contributed by atoms with Crippen LogP contribution in [0.4, 0.5) is 4.39 Å². The molecule has 1 atom stereocenters. The van der Waals surface area contributed by atoms with Crippen molar-refractivity contribution in [2.24, 2.45) is 0 Å². The summed E-state index contributed by atoms with van der Waals surface area (Å²) in [7, 11) is 0. The van der Waals surface area contributed by atoms with E-state index in [1.54, 1.807) is 23.1 Å². The number of nitrogens with one attached hydrogen (secondary N) is 1. The Morgan fingerprint density at radius 3 is 2.35 bits per heavy atom. The molecule has 5 heteroatoms. The zero-order valence-electron chi connectivity index (χ0n) is 14.7. The van der Waals surface area contributed by atoms with E-state index in [9.17, 15) is 14.0 Å². The van der Waals surface area contributed by atoms with E-state index < -0.39 is 11.9 Å². The van der Waals surface area contributed by atoms with Crippen molar-refractivity contribution < 1.29 is 14.0 Å². The average molecular weight is 354 g/mol. The first kappa shape index (κ1) is 18.1. The maximum atomic E-state index is 13.8. The summed E-state index contributed by atoms with van der Waals surface area (Å²) in [4.78, 5) is 27.1. The van der Waals surface area contributed by atoms with Crippen molar-refractivity contribution >= 4 is 11.8 Å². The number of nitrogens with zero attached hydrogens (tertiary/aromatic N) is 1. The van der Waals surface area contributed by atoms with E-state index in [1.807, 2.05) is 30.3 Å². The van der Waals surface area contributed by atoms with Crippen molar-refractivity contribution in [3.8, 4) is 0 Å². The Kier molecular flexibility index (Phi) is 6.00. The number of carbonyl (C=O) groups excluding carboxylic acids is 2. The quantitative estimate of drug-likeness (QED) is 0.867. The zero-order chi connectivity index (χ0) is 18.4. The van der Waals surface area contributed by atoms with Crippen LogP contribution in [0.15, 0.2) is 54.6 Å². The summed E-state index contributed by atoms with van der Waals surface area (Å²) in [5.41, 5.74) is 1.31. The zero-order valence-corrected chi connectivity index (χ0v) is 14.7. The Labute approximate surface area is 153 Å². The molecule has 1 N–H and O–H groups in total. The van der Waals surface area contributed by atoms with E-state index >= 15 is 0 Å². The maximum absolute atomic E-state index is 13.8. The minimum atomic E-state index is -0.630. The van der Waals surface area contributed by atoms with Crippen LogP contribution >= 0.6 is 0 Å². The molecule has 0 aliphatic carbocycles. The molecule has 1 fully saturated rings. The molecule has 2 aromatic rings. The van der Waals surface area contributed by atoms with Crippen molar-refractivity contribution in [1.82, 2.24) is 10.2 Å². The van der Waals surface area contributed by atoms with Crippen LogP contribution in [0.25, 0.3) is 0 Å². The van der Waals surface area contributed by atoms with Crippen molar-refractivity contribution in [2.75, 3.05) is 13.1 Å². The van der Waals surface area contributed by atoms with Gasteiger partial charge >= 0.3 is 0 Å². The van der Waals surface area contributed by atoms with E-state index in [4.69, 9.17) is 0 Å². The number of halogens is 1. The third-order valence-corrected chi connectivity index (χ3v) is 4.64. The van der Waals surface area contributed by atoms with Crippen molar-refractivity contribution in [3.63, 3.8) is 0 Å². The predicted octanol–water partition coefficient (Wildman–Crippen LogP) is 2.72. The molecule has 0 bridgehead atoms. The first-order valence-corrected chi connectivity index (χ1v) is 8.99. The molecule has 0 radical (unpaired) electrons. The number of rotatable bonds is 6. The van der Waals surface area contributed by atoms with E-state index in [1.165, 1.54) is 6.07 Å². The van der Waals surface area contributed by atoms with Crippen LogP contribution in [0.3, 0.4) is 0 Å². The van der Waals surface area contributed by atoms with Crippen molar-refractivity contribution in [2.45, 2.75) is 31.7 Å². The molecule has 0 saturated carbocycles. The molecular weight excluding hydrogens is 331 g/mol. The Morgan fingerprint density at radius 2 is 1.65 bits per heavy atom. The highest BCUT2D eigenvalue weighted by Crippen LogP contribution is 2.13. The molecule has 1 unspecified atom stereocenters. The molecule has 1 heterocycles. The lowest BCUT2D eigenvalue weighted by molar-refractivity contribution is -0.135. The Morgan fingerprint density at radius 1 is 1.00 bits per heavy atom. The van der Waals surface area contributed by atoms with Crippen LogP contribution in [0.5, 0.6) is 0 Å². The summed E-state index contributed by atoms with van der Waals surface area (Å²) in [6.45, 7) is 1.46. The molecule has 0 spiro atoms. The van der Waals surface area contributed by atoms with Gasteiger partial charge in [-0.1, -0.05) is 48.5 Å². The van der Waals surface area contributed by atoms with E-state index in [2.05, 4.69) is 5.32 Å². The highest BCUT2D eigenvalue weighted by atomic mass is 19.1. The van der Waals surface area contributed by atoms with Gasteiger partial charge in [0.1, 0.15) is 11.9 Å². The summed E-state index contributed by atoms with van der Waals surface area (Å²) in [5, 5.41) is 2.82. The van der Waals surface area contributed by atoms with Gasteiger partial charge in [-0.2, -0.15) is 0 Å². The topological polar surface area (TPSA) is 49.4 Å². The highest BCUT2D eigenvalue weighted by Gasteiger charge is 2.28. The van der Waals surface area contributed by atoms with Crippen LogP contribution in [-0.4, -0.2) is 35.8 Å². The number of hydrogen-bond donors (Lipinski definition) is 1. The third kappa shape index (κ3) is 4.69. The minimum absolute atomic E-state index is 0.0618. The first-order chi connectivity index (χ1) is 12.6. The molecule has 4 nitrogen and oxygen atoms in total. The predicted molar refractivity (Wildman–Crippen MR) is 98.0 cm³/mol. The van der Waals surface area contributed by atoms with Gasteiger partial charge in [0, 0.05) is 19.5 Å². The van der Waals surface area contributed by atoms with Crippen molar-refractivity contribution in [3.05, 3.63) is 71.5 Å². The lowest BCUT2D eigenvalue weighted by Gasteiger charge is -2.24. The minimum Gasteiger partial charge on any atom is -0.344 e. The lowest BCUT2D eigenvalue weighted by Crippen LogP contribution is -2.49. The van der Waals surface area contributed by atoms with Gasteiger partial charge < -0.3 is 10.2 Å². The lowest BCUT2D eigenvalue weighted by atomic mass is 10.0. The van der Waals surface area contributed by atoms with Crippen LogP contribution < -0.4 is 5.32 Å². The molecule has 136 valence electrons. The fourth-order valence-corrected chi connectivity index (χ4v) is 3.27. The summed E-state index contributed by atoms with van der Waals surface area (Å²) in [6.07, 6.45) is 2.34. The summed E-state index contributed by atoms with van der Waals surface area (Å²) in [5.74, 6) is -0.815. The summed E-state index contributed by atoms with van der Waals surface area (Å²) >= 11 is 0. The molecule has 1 saturated heterocycles. The van der Waals surface area contributed by atoms with Crippen LogP contribution in [0.2, 0.25) is 0 Å². The van der Waals surface area contributed by atoms with Crippen LogP contribution in [0.1, 0.15) is 24.0 Å². The number of carbonyl (C=O) groups is 2. The molecule has 2 amide bonds. The monoisotopic (exact) mass is 354 g/mol. The maximum Gasteiger partial charge on any atom is 0.245 e. The SMILES string of the molecule is O=C(Cc1ccccc1F)NC(Cc1ccccc1)C(=O)N1CCCC1. The Balaban J connectivity index is 1.70. The van der Waals surface area contributed by atoms with Gasteiger partial charge in [0.2, 0.25) is 11.8 Å². The van der Waals surface area contributed by atoms with E-state index in [0.29, 0.717) is 12.0 Å². The largest absolute Gasteiger partial charge is 0.344 e. The van der Waals surface area contributed by atoms with Gasteiger partial charge in [-0.25, -0.2) is 4.39 Å². The summed E-state index contributed by atoms with van der Waals surface area (Å²) in [6, 6.07) is 15.2. The molecule has 0 aromatic heterocycles. The number of likely N-dealkylation sites (tertiary alicyclic amines) is 1. The third-order valence-electron chi connectivity index (χ3n) is 4.64. The molecule has 1 aliphatic rings. The van der Waals surface area contributed by atoms with Gasteiger partial charge in [-0.05, 0) is 30.0 Å². The highest BCUT2D eigenvalue weighted by molar-refractivity contribution is 5.88. The second-order valence-corrected chi connectivity index (χ2v) is 6.61. The Bertz CT molecular complexity index is 758. The molecule has 2 aromatic carbocycles. The van der Waals surface area contributed by atoms with Crippen LogP contribution in [-0.2, 0) is 22.4 Å². The Hall–Kier alpha value is -2.69. The van der Waals surface area contributed by atoms with Gasteiger partial charge in [0.15, 0.2) is 0 Å². The number of amides is 2. The number of benzene rings is 2. The fourth-order valence-electron chi connectivity index (χ4n) is 3.27. The van der Waals surface area contributed by atoms with Gasteiger partial charge in [0.25, 0.3) is 0 Å². The second kappa shape index (κ2) is 8.61. The average Bonchev–Trinajstić information content (AvgIpc) is 3.18. The van der Waals surface area contributed by atoms with E-state index in [0.717, 1.165) is 31.5 Å². The van der Waals surface area contributed by atoms with E-state index in [-0.39, 0.29) is 18.2 Å². The summed E-state index contributed by atoms with van der Waals surface area (Å²) < 4.78 is 13.8. The second-order valence-electron chi connectivity index (χ2n) is 6.61. The number of hydrogen-bond acceptors (Lipinski definition) is 2. The van der Waals surface area contributed by atoms with Crippen molar-refractivity contribution in [1.29, 1.82) is 0 Å². The molecular formula is C21H23FN2O2. The molecule has 3 rings (SSSR count). The smallest absolute Gasteiger partial charge is 0.245 e. The van der Waals surface area contributed by atoms with Gasteiger partial charge in [-0.3, -0.25) is 9.59 Å². The normalized spacial score (nSPS) is 14.9. The standard InChI is InChI=1S/C21H23FN2O2/c22-18-11-5-4-10-17(18)15-20(25)23-19(14-16-8-2-1-3-9-16)21(26)24-12-6-7-13-24/h1-5,8-11,19H,6-7,12-15H2,(H,23,25). The van der Waals surface area contributed by atoms with Crippen LogP contribution in [0, 0.1) is 5.82 Å². The van der Waals surface area contributed by atoms with Gasteiger partial charge in [-0.15, -0.1) is 0 Å². The van der Waals surface area contributed by atoms with Gasteiger partial charge in [0.05, 0.1) is 6.42 Å².